The number of anilines is 1. The van der Waals surface area contributed by atoms with Crippen molar-refractivity contribution in [2.75, 3.05) is 11.1 Å². The van der Waals surface area contributed by atoms with Crippen molar-refractivity contribution in [1.29, 1.82) is 5.26 Å². The Morgan fingerprint density at radius 3 is 2.70 bits per heavy atom. The van der Waals surface area contributed by atoms with E-state index >= 15 is 0 Å². The molecule has 0 saturated heterocycles. The minimum absolute atomic E-state index is 0.117. The molecular formula is C26H26FN3OS2. The smallest absolute Gasteiger partial charge is 0.234 e. The molecule has 1 atom stereocenters. The normalized spacial score (nSPS) is 15.5. The molecule has 1 aromatic carbocycles. The number of nitrogens with one attached hydrogen (secondary N) is 1. The van der Waals surface area contributed by atoms with Gasteiger partial charge in [0.1, 0.15) is 16.9 Å². The number of nitriles is 1. The number of amides is 1. The summed E-state index contributed by atoms with van der Waals surface area (Å²) < 4.78 is 13.1. The van der Waals surface area contributed by atoms with E-state index in [1.54, 1.807) is 11.3 Å². The topological polar surface area (TPSA) is 65.8 Å². The van der Waals surface area contributed by atoms with Crippen molar-refractivity contribution in [3.05, 3.63) is 64.4 Å². The van der Waals surface area contributed by atoms with E-state index in [1.807, 2.05) is 11.4 Å². The Balaban J connectivity index is 1.64. The quantitative estimate of drug-likeness (QED) is 0.413. The van der Waals surface area contributed by atoms with Crippen LogP contribution in [-0.4, -0.2) is 16.6 Å². The van der Waals surface area contributed by atoms with E-state index in [2.05, 4.69) is 38.2 Å². The van der Waals surface area contributed by atoms with E-state index < -0.39 is 0 Å². The molecule has 1 aliphatic rings. The fourth-order valence-electron chi connectivity index (χ4n) is 4.24. The number of nitrogens with zero attached hydrogens (tertiary/aromatic N) is 2. The van der Waals surface area contributed by atoms with Crippen LogP contribution in [0.25, 0.3) is 10.4 Å². The largest absolute Gasteiger partial charge is 0.325 e. The number of hydrogen-bond acceptors (Lipinski definition) is 5. The standard InChI is InChI=1S/C26H26FN3OS2/c1-26(2,3)16-6-11-21-19(13-16)24(22-5-4-12-32-22)20(14-28)25(30-21)33-15-23(31)29-18-9-7-17(27)8-10-18/h4-5,7-10,12,16H,6,11,13,15H2,1-3H3,(H,29,31). The number of hydrogen-bond donors (Lipinski definition) is 1. The molecule has 1 N–H and O–H groups in total. The highest BCUT2D eigenvalue weighted by molar-refractivity contribution is 8.00. The molecule has 3 aromatic rings. The van der Waals surface area contributed by atoms with E-state index in [0.29, 0.717) is 22.2 Å². The van der Waals surface area contributed by atoms with Crippen LogP contribution in [0, 0.1) is 28.5 Å². The number of carbonyl (C=O) groups is 1. The van der Waals surface area contributed by atoms with Gasteiger partial charge in [0.2, 0.25) is 5.91 Å². The van der Waals surface area contributed by atoms with Gasteiger partial charge in [-0.15, -0.1) is 11.3 Å². The Morgan fingerprint density at radius 2 is 2.06 bits per heavy atom. The number of aryl methyl sites for hydroxylation is 1. The van der Waals surface area contributed by atoms with E-state index in [-0.39, 0.29) is 22.9 Å². The van der Waals surface area contributed by atoms with Gasteiger partial charge in [0.15, 0.2) is 0 Å². The number of pyridine rings is 1. The number of rotatable bonds is 5. The Kier molecular flexibility index (Phi) is 6.87. The van der Waals surface area contributed by atoms with Crippen molar-refractivity contribution < 1.29 is 9.18 Å². The fourth-order valence-corrected chi connectivity index (χ4v) is 5.85. The van der Waals surface area contributed by atoms with Gasteiger partial charge in [0.05, 0.1) is 11.3 Å². The lowest BCUT2D eigenvalue weighted by Crippen LogP contribution is -2.28. The third-order valence-electron chi connectivity index (χ3n) is 6.10. The maximum absolute atomic E-state index is 13.1. The molecule has 0 radical (unpaired) electrons. The third-order valence-corrected chi connectivity index (χ3v) is 7.97. The first-order chi connectivity index (χ1) is 15.8. The van der Waals surface area contributed by atoms with Gasteiger partial charge in [-0.25, -0.2) is 9.37 Å². The Morgan fingerprint density at radius 1 is 1.30 bits per heavy atom. The molecular weight excluding hydrogens is 453 g/mol. The number of aromatic nitrogens is 1. The summed E-state index contributed by atoms with van der Waals surface area (Å²) in [4.78, 5) is 18.4. The number of carbonyl (C=O) groups excluding carboxylic acids is 1. The van der Waals surface area contributed by atoms with Crippen LogP contribution in [0.1, 0.15) is 44.0 Å². The number of thiophene rings is 1. The van der Waals surface area contributed by atoms with E-state index in [1.165, 1.54) is 41.6 Å². The highest BCUT2D eigenvalue weighted by Crippen LogP contribution is 2.44. The van der Waals surface area contributed by atoms with Crippen molar-refractivity contribution in [2.45, 2.75) is 45.1 Å². The summed E-state index contributed by atoms with van der Waals surface area (Å²) in [6, 6.07) is 12.1. The van der Waals surface area contributed by atoms with Crippen LogP contribution in [0.3, 0.4) is 0 Å². The fraction of sp³-hybridized carbons (Fsp3) is 0.346. The summed E-state index contributed by atoms with van der Waals surface area (Å²) in [5, 5.41) is 15.5. The highest BCUT2D eigenvalue weighted by atomic mass is 32.2. The van der Waals surface area contributed by atoms with Crippen LogP contribution in [0.2, 0.25) is 0 Å². The zero-order chi connectivity index (χ0) is 23.6. The molecule has 1 unspecified atom stereocenters. The number of halogens is 1. The van der Waals surface area contributed by atoms with Gasteiger partial charge >= 0.3 is 0 Å². The molecule has 170 valence electrons. The summed E-state index contributed by atoms with van der Waals surface area (Å²) in [5.41, 5.74) is 4.47. The van der Waals surface area contributed by atoms with Crippen LogP contribution in [-0.2, 0) is 17.6 Å². The van der Waals surface area contributed by atoms with E-state index in [9.17, 15) is 14.4 Å². The lowest BCUT2D eigenvalue weighted by molar-refractivity contribution is -0.113. The van der Waals surface area contributed by atoms with Crippen molar-refractivity contribution >= 4 is 34.7 Å². The average Bonchev–Trinajstić information content (AvgIpc) is 3.31. The van der Waals surface area contributed by atoms with Gasteiger partial charge < -0.3 is 5.32 Å². The molecule has 0 fully saturated rings. The van der Waals surface area contributed by atoms with Crippen LogP contribution >= 0.6 is 23.1 Å². The maximum atomic E-state index is 13.1. The van der Waals surface area contributed by atoms with Crippen molar-refractivity contribution in [2.24, 2.45) is 11.3 Å². The molecule has 0 aliphatic heterocycles. The van der Waals surface area contributed by atoms with Gasteiger partial charge in [0.25, 0.3) is 0 Å². The van der Waals surface area contributed by atoms with Crippen molar-refractivity contribution in [3.63, 3.8) is 0 Å². The van der Waals surface area contributed by atoms with Gasteiger partial charge in [-0.1, -0.05) is 38.6 Å². The van der Waals surface area contributed by atoms with Gasteiger partial charge in [-0.05, 0) is 71.9 Å². The second kappa shape index (κ2) is 9.66. The minimum atomic E-state index is -0.353. The monoisotopic (exact) mass is 479 g/mol. The second-order valence-corrected chi connectivity index (χ2v) is 11.2. The van der Waals surface area contributed by atoms with Crippen LogP contribution in [0.4, 0.5) is 10.1 Å². The SMILES string of the molecule is CC(C)(C)C1CCc2nc(SCC(=O)Nc3ccc(F)cc3)c(C#N)c(-c3cccs3)c2C1. The zero-order valence-corrected chi connectivity index (χ0v) is 20.6. The predicted molar refractivity (Wildman–Crippen MR) is 133 cm³/mol. The van der Waals surface area contributed by atoms with Gasteiger partial charge in [-0.2, -0.15) is 5.26 Å². The zero-order valence-electron chi connectivity index (χ0n) is 18.9. The first kappa shape index (κ1) is 23.5. The van der Waals surface area contributed by atoms with Crippen molar-refractivity contribution in [3.8, 4) is 16.5 Å². The molecule has 1 aliphatic carbocycles. The summed E-state index contributed by atoms with van der Waals surface area (Å²) in [6.07, 6.45) is 2.84. The molecule has 1 amide bonds. The first-order valence-electron chi connectivity index (χ1n) is 10.9. The first-order valence-corrected chi connectivity index (χ1v) is 12.8. The molecule has 33 heavy (non-hydrogen) atoms. The van der Waals surface area contributed by atoms with Crippen molar-refractivity contribution in [1.82, 2.24) is 4.98 Å². The highest BCUT2D eigenvalue weighted by Gasteiger charge is 2.33. The Bertz CT molecular complexity index is 1190. The van der Waals surface area contributed by atoms with Crippen LogP contribution in [0.15, 0.2) is 46.8 Å². The Hall–Kier alpha value is -2.69. The lowest BCUT2D eigenvalue weighted by atomic mass is 9.70. The second-order valence-electron chi connectivity index (χ2n) is 9.33. The average molecular weight is 480 g/mol. The summed E-state index contributed by atoms with van der Waals surface area (Å²) in [5.74, 6) is 0.0680. The Labute approximate surface area is 202 Å². The van der Waals surface area contributed by atoms with Crippen LogP contribution in [0.5, 0.6) is 0 Å². The molecule has 7 heteroatoms. The lowest BCUT2D eigenvalue weighted by Gasteiger charge is -2.35. The molecule has 4 nitrogen and oxygen atoms in total. The molecule has 2 heterocycles. The number of fused-ring (bicyclic) bond motifs is 1. The maximum Gasteiger partial charge on any atom is 0.234 e. The van der Waals surface area contributed by atoms with Crippen LogP contribution < -0.4 is 5.32 Å². The predicted octanol–water partition coefficient (Wildman–Crippen LogP) is 6.70. The summed E-state index contributed by atoms with van der Waals surface area (Å²) in [7, 11) is 0. The van der Waals surface area contributed by atoms with E-state index in [0.717, 1.165) is 35.4 Å². The molecule has 0 saturated carbocycles. The molecule has 2 aromatic heterocycles. The molecule has 4 rings (SSSR count). The van der Waals surface area contributed by atoms with Gasteiger partial charge in [-0.3, -0.25) is 4.79 Å². The third kappa shape index (κ3) is 5.29. The van der Waals surface area contributed by atoms with E-state index in [4.69, 9.17) is 4.98 Å². The number of thioether (sulfide) groups is 1. The number of benzene rings is 1. The molecule has 0 bridgehead atoms. The summed E-state index contributed by atoms with van der Waals surface area (Å²) >= 11 is 2.90. The molecule has 0 spiro atoms. The summed E-state index contributed by atoms with van der Waals surface area (Å²) in [6.45, 7) is 6.82. The minimum Gasteiger partial charge on any atom is -0.325 e. The van der Waals surface area contributed by atoms with Gasteiger partial charge in [0, 0.05) is 21.8 Å².